The number of Topliss-reactive ketones (excluding diaryl/α,β-unsaturated/α-hetero) is 1. The first kappa shape index (κ1) is 22.8. The summed E-state index contributed by atoms with van der Waals surface area (Å²) < 4.78 is 0. The monoisotopic (exact) mass is 476 g/mol. The molecule has 5 rings (SSSR count). The van der Waals surface area contributed by atoms with Crippen molar-refractivity contribution >= 4 is 45.6 Å². The van der Waals surface area contributed by atoms with Crippen LogP contribution in [0.2, 0.25) is 5.02 Å². The molecule has 0 saturated carbocycles. The second kappa shape index (κ2) is 9.72. The average Bonchev–Trinajstić information content (AvgIpc) is 3.08. The van der Waals surface area contributed by atoms with E-state index < -0.39 is 0 Å². The SMILES string of the molecule is Cc1ccc2c(c1)C(=O)C(=O)N2CCCCCN1CCN(c2ccnc3cc(Cl)ccc23)CC1. The van der Waals surface area contributed by atoms with Crippen LogP contribution >= 0.6 is 11.6 Å². The Balaban J connectivity index is 1.08. The minimum atomic E-state index is -0.386. The number of rotatable bonds is 7. The molecule has 0 spiro atoms. The van der Waals surface area contributed by atoms with Crippen LogP contribution in [0.5, 0.6) is 0 Å². The minimum absolute atomic E-state index is 0.373. The summed E-state index contributed by atoms with van der Waals surface area (Å²) in [6, 6.07) is 13.7. The number of ketones is 1. The van der Waals surface area contributed by atoms with Crippen LogP contribution in [-0.2, 0) is 4.79 Å². The average molecular weight is 477 g/mol. The van der Waals surface area contributed by atoms with E-state index in [2.05, 4.69) is 26.9 Å². The van der Waals surface area contributed by atoms with Gasteiger partial charge in [0, 0.05) is 55.0 Å². The Labute approximate surface area is 205 Å². The fraction of sp³-hybridized carbons (Fsp3) is 0.370. The van der Waals surface area contributed by atoms with Gasteiger partial charge in [-0.2, -0.15) is 0 Å². The molecule has 2 aliphatic rings. The van der Waals surface area contributed by atoms with Crippen molar-refractivity contribution < 1.29 is 9.59 Å². The van der Waals surface area contributed by atoms with Crippen LogP contribution in [0.4, 0.5) is 11.4 Å². The molecule has 3 heterocycles. The number of halogens is 1. The highest BCUT2D eigenvalue weighted by atomic mass is 35.5. The second-order valence-corrected chi connectivity index (χ2v) is 9.62. The van der Waals surface area contributed by atoms with Gasteiger partial charge in [0.15, 0.2) is 0 Å². The van der Waals surface area contributed by atoms with Crippen LogP contribution in [0.15, 0.2) is 48.7 Å². The number of carbonyl (C=O) groups excluding carboxylic acids is 2. The molecule has 1 fully saturated rings. The Hall–Kier alpha value is -2.96. The van der Waals surface area contributed by atoms with Gasteiger partial charge in [-0.1, -0.05) is 29.7 Å². The van der Waals surface area contributed by atoms with Crippen LogP contribution in [0.1, 0.15) is 35.2 Å². The third kappa shape index (κ3) is 4.52. The highest BCUT2D eigenvalue weighted by Crippen LogP contribution is 2.30. The number of hydrogen-bond acceptors (Lipinski definition) is 5. The van der Waals surface area contributed by atoms with E-state index in [1.54, 1.807) is 4.90 Å². The van der Waals surface area contributed by atoms with Crippen LogP contribution in [0.3, 0.4) is 0 Å². The molecule has 2 aliphatic heterocycles. The molecule has 34 heavy (non-hydrogen) atoms. The van der Waals surface area contributed by atoms with E-state index in [0.29, 0.717) is 17.1 Å². The zero-order valence-electron chi connectivity index (χ0n) is 19.5. The molecule has 0 atom stereocenters. The molecule has 3 aromatic rings. The summed E-state index contributed by atoms with van der Waals surface area (Å²) in [5.74, 6) is -0.760. The summed E-state index contributed by atoms with van der Waals surface area (Å²) in [4.78, 5) is 35.7. The molecular weight excluding hydrogens is 448 g/mol. The molecular formula is C27H29ClN4O2. The van der Waals surface area contributed by atoms with Gasteiger partial charge in [-0.3, -0.25) is 19.5 Å². The van der Waals surface area contributed by atoms with Gasteiger partial charge in [-0.05, 0) is 62.7 Å². The van der Waals surface area contributed by atoms with Crippen molar-refractivity contribution in [3.8, 4) is 0 Å². The molecule has 1 aromatic heterocycles. The van der Waals surface area contributed by atoms with Crippen molar-refractivity contribution in [2.45, 2.75) is 26.2 Å². The lowest BCUT2D eigenvalue weighted by atomic mass is 10.1. The summed E-state index contributed by atoms with van der Waals surface area (Å²) in [6.45, 7) is 7.64. The standard InChI is InChI=1S/C27H29ClN4O2/c1-19-5-8-25-22(17-19)26(33)27(34)32(25)12-4-2-3-11-30-13-15-31(16-14-30)24-9-10-29-23-18-20(28)6-7-21(23)24/h5-10,17-18H,2-4,11-16H2,1H3. The number of aromatic nitrogens is 1. The van der Waals surface area contributed by atoms with E-state index in [-0.39, 0.29) is 11.7 Å². The van der Waals surface area contributed by atoms with E-state index in [4.69, 9.17) is 11.6 Å². The summed E-state index contributed by atoms with van der Waals surface area (Å²) in [5.41, 5.74) is 4.48. The summed E-state index contributed by atoms with van der Waals surface area (Å²) in [7, 11) is 0. The van der Waals surface area contributed by atoms with E-state index in [1.165, 1.54) is 5.69 Å². The van der Waals surface area contributed by atoms with Gasteiger partial charge in [0.05, 0.1) is 16.8 Å². The van der Waals surface area contributed by atoms with Crippen molar-refractivity contribution in [1.82, 2.24) is 9.88 Å². The molecule has 176 valence electrons. The number of fused-ring (bicyclic) bond motifs is 2. The fourth-order valence-electron chi connectivity index (χ4n) is 5.01. The molecule has 6 nitrogen and oxygen atoms in total. The van der Waals surface area contributed by atoms with Gasteiger partial charge >= 0.3 is 0 Å². The van der Waals surface area contributed by atoms with Crippen LogP contribution in [0, 0.1) is 6.92 Å². The normalized spacial score (nSPS) is 16.5. The number of amides is 1. The van der Waals surface area contributed by atoms with Gasteiger partial charge in [0.25, 0.3) is 11.7 Å². The first-order valence-electron chi connectivity index (χ1n) is 12.0. The number of pyridine rings is 1. The van der Waals surface area contributed by atoms with Gasteiger partial charge in [0.2, 0.25) is 0 Å². The number of nitrogens with zero attached hydrogens (tertiary/aromatic N) is 4. The van der Waals surface area contributed by atoms with Gasteiger partial charge in [-0.15, -0.1) is 0 Å². The largest absolute Gasteiger partial charge is 0.368 e. The maximum atomic E-state index is 12.4. The Bertz CT molecular complexity index is 1240. The fourth-order valence-corrected chi connectivity index (χ4v) is 5.18. The lowest BCUT2D eigenvalue weighted by Gasteiger charge is -2.36. The highest BCUT2D eigenvalue weighted by Gasteiger charge is 2.35. The van der Waals surface area contributed by atoms with E-state index in [9.17, 15) is 9.59 Å². The smallest absolute Gasteiger partial charge is 0.299 e. The maximum Gasteiger partial charge on any atom is 0.299 e. The summed E-state index contributed by atoms with van der Waals surface area (Å²) >= 11 is 6.13. The molecule has 0 aliphatic carbocycles. The third-order valence-corrected chi connectivity index (χ3v) is 7.11. The molecule has 0 N–H and O–H groups in total. The summed E-state index contributed by atoms with van der Waals surface area (Å²) in [6.07, 6.45) is 4.89. The number of carbonyl (C=O) groups is 2. The molecule has 0 radical (unpaired) electrons. The minimum Gasteiger partial charge on any atom is -0.368 e. The van der Waals surface area contributed by atoms with Crippen LogP contribution in [0.25, 0.3) is 10.9 Å². The molecule has 1 saturated heterocycles. The van der Waals surface area contributed by atoms with Crippen molar-refractivity contribution in [2.24, 2.45) is 0 Å². The lowest BCUT2D eigenvalue weighted by Crippen LogP contribution is -2.46. The van der Waals surface area contributed by atoms with Crippen molar-refractivity contribution in [2.75, 3.05) is 49.1 Å². The second-order valence-electron chi connectivity index (χ2n) is 9.19. The predicted octanol–water partition coefficient (Wildman–Crippen LogP) is 4.72. The Morgan fingerprint density at radius 2 is 1.68 bits per heavy atom. The first-order chi connectivity index (χ1) is 16.5. The molecule has 1 amide bonds. The highest BCUT2D eigenvalue weighted by molar-refractivity contribution is 6.52. The third-order valence-electron chi connectivity index (χ3n) is 6.88. The molecule has 7 heteroatoms. The summed E-state index contributed by atoms with van der Waals surface area (Å²) in [5, 5.41) is 1.86. The topological polar surface area (TPSA) is 56.8 Å². The number of aryl methyl sites for hydroxylation is 1. The maximum absolute atomic E-state index is 12.4. The number of benzene rings is 2. The lowest BCUT2D eigenvalue weighted by molar-refractivity contribution is -0.114. The van der Waals surface area contributed by atoms with E-state index >= 15 is 0 Å². The predicted molar refractivity (Wildman–Crippen MR) is 137 cm³/mol. The van der Waals surface area contributed by atoms with E-state index in [0.717, 1.165) is 74.1 Å². The Morgan fingerprint density at radius 1 is 0.882 bits per heavy atom. The van der Waals surface area contributed by atoms with Gasteiger partial charge in [-0.25, -0.2) is 0 Å². The van der Waals surface area contributed by atoms with Crippen LogP contribution < -0.4 is 9.80 Å². The van der Waals surface area contributed by atoms with Crippen molar-refractivity contribution in [3.63, 3.8) is 0 Å². The number of hydrogen-bond donors (Lipinski definition) is 0. The molecule has 2 aromatic carbocycles. The van der Waals surface area contributed by atoms with Gasteiger partial charge in [0.1, 0.15) is 0 Å². The van der Waals surface area contributed by atoms with Crippen LogP contribution in [-0.4, -0.2) is 60.8 Å². The first-order valence-corrected chi connectivity index (χ1v) is 12.4. The van der Waals surface area contributed by atoms with Gasteiger partial charge < -0.3 is 9.80 Å². The number of anilines is 2. The number of piperazine rings is 1. The van der Waals surface area contributed by atoms with E-state index in [1.807, 2.05) is 43.5 Å². The molecule has 0 bridgehead atoms. The Morgan fingerprint density at radius 3 is 2.50 bits per heavy atom. The van der Waals surface area contributed by atoms with Crippen molar-refractivity contribution in [1.29, 1.82) is 0 Å². The van der Waals surface area contributed by atoms with Crippen molar-refractivity contribution in [3.05, 3.63) is 64.8 Å². The zero-order chi connectivity index (χ0) is 23.7. The quantitative estimate of drug-likeness (QED) is 0.365. The Kier molecular flexibility index (Phi) is 6.53. The zero-order valence-corrected chi connectivity index (χ0v) is 20.2. The molecule has 0 unspecified atom stereocenters. The number of unbranched alkanes of at least 4 members (excludes halogenated alkanes) is 2.